The Kier molecular flexibility index (Phi) is 5.27. The molecule has 1 aromatic heterocycles. The summed E-state index contributed by atoms with van der Waals surface area (Å²) in [5.41, 5.74) is 0.418. The molecule has 1 heterocycles. The van der Waals surface area contributed by atoms with Crippen molar-refractivity contribution in [1.82, 2.24) is 15.1 Å². The van der Waals surface area contributed by atoms with Crippen LogP contribution in [0.1, 0.15) is 17.3 Å². The summed E-state index contributed by atoms with van der Waals surface area (Å²) in [5, 5.41) is 7.36. The first-order valence-corrected chi connectivity index (χ1v) is 6.79. The second-order valence-electron chi connectivity index (χ2n) is 4.45. The van der Waals surface area contributed by atoms with E-state index in [2.05, 4.69) is 10.4 Å². The highest BCUT2D eigenvalue weighted by molar-refractivity contribution is 6.31. The van der Waals surface area contributed by atoms with Crippen molar-refractivity contribution in [3.05, 3.63) is 52.3 Å². The quantitative estimate of drug-likeness (QED) is 0.891. The first kappa shape index (κ1) is 15.9. The van der Waals surface area contributed by atoms with E-state index in [1.165, 1.54) is 24.4 Å². The summed E-state index contributed by atoms with van der Waals surface area (Å²) >= 11 is 6.14. The van der Waals surface area contributed by atoms with Gasteiger partial charge < -0.3 is 10.1 Å². The molecule has 1 N–H and O–H groups in total. The van der Waals surface area contributed by atoms with Crippen molar-refractivity contribution >= 4 is 11.6 Å². The number of nitrogens with zero attached hydrogens (tertiary/aromatic N) is 2. The molecule has 0 amide bonds. The van der Waals surface area contributed by atoms with Gasteiger partial charge in [0.05, 0.1) is 36.1 Å². The van der Waals surface area contributed by atoms with Gasteiger partial charge in [-0.2, -0.15) is 5.10 Å². The molecular weight excluding hydrogens is 300 g/mol. The van der Waals surface area contributed by atoms with Crippen LogP contribution in [0.25, 0.3) is 0 Å². The standard InChI is InChI=1S/C14H16ClF2N3O/c1-18-13(12-10(16)4-3-5-11(12)17)14-9(15)8-19-20(14)6-7-21-2/h3-5,8,13,18H,6-7H2,1-2H3. The first-order chi connectivity index (χ1) is 10.1. The first-order valence-electron chi connectivity index (χ1n) is 6.41. The molecule has 0 aliphatic carbocycles. The van der Waals surface area contributed by atoms with Crippen LogP contribution in [0.5, 0.6) is 0 Å². The number of methoxy groups -OCH3 is 1. The third-order valence-corrected chi connectivity index (χ3v) is 3.48. The average molecular weight is 316 g/mol. The Labute approximate surface area is 126 Å². The average Bonchev–Trinajstić information content (AvgIpc) is 2.82. The normalized spacial score (nSPS) is 12.6. The molecule has 2 rings (SSSR count). The number of halogens is 3. The molecule has 0 aliphatic rings. The number of hydrogen-bond acceptors (Lipinski definition) is 3. The second-order valence-corrected chi connectivity index (χ2v) is 4.86. The Balaban J connectivity index is 2.49. The predicted molar refractivity (Wildman–Crippen MR) is 76.4 cm³/mol. The Morgan fingerprint density at radius 1 is 1.38 bits per heavy atom. The maximum Gasteiger partial charge on any atom is 0.131 e. The fourth-order valence-electron chi connectivity index (χ4n) is 2.22. The van der Waals surface area contributed by atoms with Crippen LogP contribution in [0.15, 0.2) is 24.4 Å². The summed E-state index contributed by atoms with van der Waals surface area (Å²) in [6.45, 7) is 0.855. The monoisotopic (exact) mass is 315 g/mol. The van der Waals surface area contributed by atoms with Crippen molar-refractivity contribution in [2.45, 2.75) is 12.6 Å². The lowest BCUT2D eigenvalue weighted by molar-refractivity contribution is 0.182. The molecule has 7 heteroatoms. The van der Waals surface area contributed by atoms with E-state index in [9.17, 15) is 8.78 Å². The van der Waals surface area contributed by atoms with E-state index in [0.717, 1.165) is 0 Å². The molecule has 0 spiro atoms. The van der Waals surface area contributed by atoms with E-state index in [-0.39, 0.29) is 5.56 Å². The fraction of sp³-hybridized carbons (Fsp3) is 0.357. The molecule has 0 saturated heterocycles. The molecule has 0 radical (unpaired) electrons. The minimum atomic E-state index is -0.738. The van der Waals surface area contributed by atoms with Crippen molar-refractivity contribution < 1.29 is 13.5 Å². The van der Waals surface area contributed by atoms with Crippen LogP contribution in [0.3, 0.4) is 0 Å². The van der Waals surface area contributed by atoms with Crippen LogP contribution in [0, 0.1) is 11.6 Å². The van der Waals surface area contributed by atoms with Crippen LogP contribution in [0.4, 0.5) is 8.78 Å². The second kappa shape index (κ2) is 6.98. The third-order valence-electron chi connectivity index (χ3n) is 3.19. The molecule has 0 saturated carbocycles. The molecule has 1 atom stereocenters. The van der Waals surface area contributed by atoms with Crippen LogP contribution in [-0.4, -0.2) is 30.5 Å². The van der Waals surface area contributed by atoms with E-state index in [4.69, 9.17) is 16.3 Å². The molecule has 114 valence electrons. The Morgan fingerprint density at radius 3 is 2.62 bits per heavy atom. The van der Waals surface area contributed by atoms with Gasteiger partial charge in [0.2, 0.25) is 0 Å². The lowest BCUT2D eigenvalue weighted by Crippen LogP contribution is -2.25. The topological polar surface area (TPSA) is 39.1 Å². The fourth-order valence-corrected chi connectivity index (χ4v) is 2.47. The van der Waals surface area contributed by atoms with Gasteiger partial charge in [0.1, 0.15) is 11.6 Å². The number of hydrogen-bond donors (Lipinski definition) is 1. The maximum absolute atomic E-state index is 14.0. The van der Waals surface area contributed by atoms with E-state index < -0.39 is 17.7 Å². The van der Waals surface area contributed by atoms with Gasteiger partial charge in [-0.25, -0.2) is 8.78 Å². The molecule has 4 nitrogen and oxygen atoms in total. The minimum Gasteiger partial charge on any atom is -0.383 e. The smallest absolute Gasteiger partial charge is 0.131 e. The van der Waals surface area contributed by atoms with Crippen molar-refractivity contribution in [3.8, 4) is 0 Å². The highest BCUT2D eigenvalue weighted by Crippen LogP contribution is 2.31. The number of aromatic nitrogens is 2. The van der Waals surface area contributed by atoms with Crippen molar-refractivity contribution in [1.29, 1.82) is 0 Å². The number of ether oxygens (including phenoxy) is 1. The van der Waals surface area contributed by atoms with Crippen LogP contribution < -0.4 is 5.32 Å². The number of rotatable bonds is 6. The molecule has 0 fully saturated rings. The number of nitrogens with one attached hydrogen (secondary N) is 1. The van der Waals surface area contributed by atoms with Crippen LogP contribution in [-0.2, 0) is 11.3 Å². The van der Waals surface area contributed by atoms with E-state index in [1.807, 2.05) is 0 Å². The van der Waals surface area contributed by atoms with Gasteiger partial charge >= 0.3 is 0 Å². The molecule has 1 unspecified atom stereocenters. The zero-order valence-electron chi connectivity index (χ0n) is 11.7. The highest BCUT2D eigenvalue weighted by atomic mass is 35.5. The van der Waals surface area contributed by atoms with E-state index in [0.29, 0.717) is 23.9 Å². The van der Waals surface area contributed by atoms with Crippen molar-refractivity contribution in [2.24, 2.45) is 0 Å². The minimum absolute atomic E-state index is 0.0823. The van der Waals surface area contributed by atoms with Crippen molar-refractivity contribution in [2.75, 3.05) is 20.8 Å². The van der Waals surface area contributed by atoms with Crippen molar-refractivity contribution in [3.63, 3.8) is 0 Å². The van der Waals surface area contributed by atoms with Crippen LogP contribution in [0.2, 0.25) is 5.02 Å². The largest absolute Gasteiger partial charge is 0.383 e. The van der Waals surface area contributed by atoms with Gasteiger partial charge in [-0.15, -0.1) is 0 Å². The zero-order chi connectivity index (χ0) is 15.4. The summed E-state index contributed by atoms with van der Waals surface area (Å²) in [5.74, 6) is -1.27. The van der Waals surface area contributed by atoms with Gasteiger partial charge in [0.15, 0.2) is 0 Å². The highest BCUT2D eigenvalue weighted by Gasteiger charge is 2.26. The lowest BCUT2D eigenvalue weighted by Gasteiger charge is -2.20. The van der Waals surface area contributed by atoms with Crippen LogP contribution >= 0.6 is 11.6 Å². The SMILES string of the molecule is CNC(c1c(F)cccc1F)c1c(Cl)cnn1CCOC. The van der Waals surface area contributed by atoms with E-state index >= 15 is 0 Å². The Morgan fingerprint density at radius 2 is 2.05 bits per heavy atom. The Bertz CT molecular complexity index is 598. The van der Waals surface area contributed by atoms with Gasteiger partial charge in [-0.1, -0.05) is 17.7 Å². The summed E-state index contributed by atoms with van der Waals surface area (Å²) in [7, 11) is 3.18. The summed E-state index contributed by atoms with van der Waals surface area (Å²) in [6.07, 6.45) is 1.45. The summed E-state index contributed by atoms with van der Waals surface area (Å²) < 4.78 is 34.6. The molecule has 1 aromatic carbocycles. The van der Waals surface area contributed by atoms with E-state index in [1.54, 1.807) is 18.8 Å². The van der Waals surface area contributed by atoms with Gasteiger partial charge in [0, 0.05) is 12.7 Å². The van der Waals surface area contributed by atoms with Gasteiger partial charge in [-0.3, -0.25) is 4.68 Å². The summed E-state index contributed by atoms with van der Waals surface area (Å²) in [4.78, 5) is 0. The van der Waals surface area contributed by atoms with Gasteiger partial charge in [0.25, 0.3) is 0 Å². The predicted octanol–water partition coefficient (Wildman–Crippen LogP) is 2.77. The lowest BCUT2D eigenvalue weighted by atomic mass is 10.0. The molecule has 0 bridgehead atoms. The Hall–Kier alpha value is -1.50. The number of benzene rings is 1. The molecule has 21 heavy (non-hydrogen) atoms. The third kappa shape index (κ3) is 3.23. The van der Waals surface area contributed by atoms with Gasteiger partial charge in [-0.05, 0) is 19.2 Å². The maximum atomic E-state index is 14.0. The molecular formula is C14H16ClF2N3O. The zero-order valence-corrected chi connectivity index (χ0v) is 12.5. The molecule has 2 aromatic rings. The summed E-state index contributed by atoms with van der Waals surface area (Å²) in [6, 6.07) is 3.02. The molecule has 0 aliphatic heterocycles.